The number of nitrogens with two attached hydrogens (primary N) is 1. The molecule has 0 bridgehead atoms. The molecule has 1 atom stereocenters. The molecule has 2 aromatic heterocycles. The maximum atomic E-state index is 12.5. The monoisotopic (exact) mass is 474 g/mol. The Labute approximate surface area is 193 Å². The molecule has 2 heterocycles. The number of fused-ring (bicyclic) bond motifs is 1. The van der Waals surface area contributed by atoms with Gasteiger partial charge in [0.2, 0.25) is 5.95 Å². The lowest BCUT2D eigenvalue weighted by Gasteiger charge is -2.16. The van der Waals surface area contributed by atoms with Crippen LogP contribution in [0.1, 0.15) is 28.9 Å². The van der Waals surface area contributed by atoms with Crippen LogP contribution in [0.3, 0.4) is 0 Å². The summed E-state index contributed by atoms with van der Waals surface area (Å²) < 4.78 is 9.25. The molecule has 3 aromatic rings. The van der Waals surface area contributed by atoms with Gasteiger partial charge in [-0.15, -0.1) is 0 Å². The minimum absolute atomic E-state index is 0.0387. The van der Waals surface area contributed by atoms with E-state index >= 15 is 0 Å². The molecule has 178 valence electrons. The second-order valence-electron chi connectivity index (χ2n) is 7.08. The van der Waals surface area contributed by atoms with Crippen molar-refractivity contribution in [2.24, 2.45) is 0 Å². The summed E-state index contributed by atoms with van der Waals surface area (Å²) in [5, 5.41) is 5.67. The highest BCUT2D eigenvalue weighted by Crippen LogP contribution is 2.12. The maximum Gasteiger partial charge on any atom is 0.328 e. The molecule has 13 nitrogen and oxygen atoms in total. The van der Waals surface area contributed by atoms with Gasteiger partial charge in [0, 0.05) is 17.7 Å². The molecule has 13 heteroatoms. The topological polar surface area (TPSA) is 191 Å². The maximum absolute atomic E-state index is 12.5. The van der Waals surface area contributed by atoms with Crippen LogP contribution in [0.2, 0.25) is 0 Å². The second-order valence-corrected chi connectivity index (χ2v) is 7.08. The molecule has 1 amide bonds. The zero-order valence-corrected chi connectivity index (χ0v) is 18.5. The van der Waals surface area contributed by atoms with Gasteiger partial charge in [0.05, 0.1) is 32.7 Å². The smallest absolute Gasteiger partial charge is 0.328 e. The summed E-state index contributed by atoms with van der Waals surface area (Å²) in [6.45, 7) is 0.260. The molecule has 0 fully saturated rings. The summed E-state index contributed by atoms with van der Waals surface area (Å²) >= 11 is 0. The number of carbonyl (C=O) groups is 3. The van der Waals surface area contributed by atoms with Crippen LogP contribution >= 0.6 is 0 Å². The van der Waals surface area contributed by atoms with Crippen molar-refractivity contribution in [2.45, 2.75) is 25.4 Å². The number of nitrogen functional groups attached to an aromatic ring is 1. The van der Waals surface area contributed by atoms with Crippen LogP contribution in [0.5, 0.6) is 0 Å². The Morgan fingerprint density at radius 3 is 2.53 bits per heavy atom. The highest BCUT2D eigenvalue weighted by atomic mass is 16.6. The largest absolute Gasteiger partial charge is 0.469 e. The van der Waals surface area contributed by atoms with E-state index in [4.69, 9.17) is 5.73 Å². The molecule has 0 aliphatic carbocycles. The molecular formula is C21H23N7O6. The first-order chi connectivity index (χ1) is 16.3. The summed E-state index contributed by atoms with van der Waals surface area (Å²) in [6.07, 6.45) is 1.47. The van der Waals surface area contributed by atoms with E-state index in [2.05, 4.69) is 40.0 Å². The van der Waals surface area contributed by atoms with Gasteiger partial charge in [-0.2, -0.15) is 4.98 Å². The lowest BCUT2D eigenvalue weighted by molar-refractivity contribution is -0.144. The summed E-state index contributed by atoms with van der Waals surface area (Å²) in [5.41, 5.74) is 6.72. The molecule has 0 unspecified atom stereocenters. The minimum Gasteiger partial charge on any atom is -0.469 e. The first-order valence-electron chi connectivity index (χ1n) is 10.1. The number of hydrogen-bond acceptors (Lipinski definition) is 11. The van der Waals surface area contributed by atoms with Crippen molar-refractivity contribution in [1.29, 1.82) is 0 Å². The van der Waals surface area contributed by atoms with Crippen molar-refractivity contribution in [3.05, 3.63) is 52.1 Å². The molecular weight excluding hydrogens is 451 g/mol. The number of nitrogens with one attached hydrogen (secondary N) is 3. The number of methoxy groups -OCH3 is 2. The van der Waals surface area contributed by atoms with Crippen LogP contribution in [0.4, 0.5) is 11.6 Å². The average molecular weight is 474 g/mol. The van der Waals surface area contributed by atoms with E-state index in [9.17, 15) is 19.2 Å². The number of H-pyrrole nitrogens is 1. The fourth-order valence-corrected chi connectivity index (χ4v) is 2.99. The van der Waals surface area contributed by atoms with E-state index < -0.39 is 29.4 Å². The van der Waals surface area contributed by atoms with Gasteiger partial charge in [-0.3, -0.25) is 19.4 Å². The van der Waals surface area contributed by atoms with E-state index in [1.807, 2.05) is 0 Å². The zero-order chi connectivity index (χ0) is 24.7. The predicted molar refractivity (Wildman–Crippen MR) is 121 cm³/mol. The number of hydrogen-bond donors (Lipinski definition) is 4. The standard InChI is InChI=1S/C21H23N7O6/c1-33-15(29)8-7-14(20(32)34-2)26-18(30)11-3-5-12(6-4-11)23-9-13-10-24-17-16(25-13)19(31)28-21(22)27-17/h3-6,10,14,23H,7-9H2,1-2H3,(H,26,30)(H3,22,24,27,28,31)/t14-/m0/s1/i7+1,8+1,14+1,15+1,20+1. The number of nitrogens with zero attached hydrogens (tertiary/aromatic N) is 3. The summed E-state index contributed by atoms with van der Waals surface area (Å²) in [6, 6.07) is 5.47. The number of aromatic nitrogens is 4. The van der Waals surface area contributed by atoms with E-state index in [-0.39, 0.29) is 36.5 Å². The number of esters is 2. The van der Waals surface area contributed by atoms with E-state index in [1.54, 1.807) is 24.3 Å². The van der Waals surface area contributed by atoms with E-state index in [0.29, 0.717) is 16.9 Å². The molecule has 5 N–H and O–H groups in total. The Bertz CT molecular complexity index is 1260. The zero-order valence-electron chi connectivity index (χ0n) is 18.5. The first kappa shape index (κ1) is 24.1. The number of ether oxygens (including phenoxy) is 2. The Hall–Kier alpha value is -4.55. The number of carbonyl (C=O) groups excluding carboxylic acids is 3. The second kappa shape index (κ2) is 10.8. The fraction of sp³-hybridized carbons (Fsp3) is 0.286. The third kappa shape index (κ3) is 6.03. The van der Waals surface area contributed by atoms with Crippen molar-refractivity contribution in [3.8, 4) is 0 Å². The fourth-order valence-electron chi connectivity index (χ4n) is 2.99. The number of rotatable bonds is 9. The van der Waals surface area contributed by atoms with Gasteiger partial charge in [0.15, 0.2) is 11.2 Å². The Balaban J connectivity index is 1.62. The highest BCUT2D eigenvalue weighted by Gasteiger charge is 2.23. The van der Waals surface area contributed by atoms with Crippen LogP contribution in [-0.2, 0) is 25.6 Å². The first-order valence-corrected chi connectivity index (χ1v) is 10.1. The number of anilines is 2. The molecule has 0 aliphatic rings. The van der Waals surface area contributed by atoms with E-state index in [0.717, 1.165) is 0 Å². The molecule has 34 heavy (non-hydrogen) atoms. The lowest BCUT2D eigenvalue weighted by Crippen LogP contribution is -2.41. The third-order valence-corrected chi connectivity index (χ3v) is 4.76. The highest BCUT2D eigenvalue weighted by molar-refractivity contribution is 5.97. The number of amides is 1. The predicted octanol–water partition coefficient (Wildman–Crippen LogP) is 0.132. The molecule has 0 saturated carbocycles. The van der Waals surface area contributed by atoms with Crippen molar-refractivity contribution in [1.82, 2.24) is 25.3 Å². The quantitative estimate of drug-likeness (QED) is 0.243. The molecule has 0 aliphatic heterocycles. The molecule has 3 rings (SSSR count). The Morgan fingerprint density at radius 1 is 1.12 bits per heavy atom. The van der Waals surface area contributed by atoms with Crippen molar-refractivity contribution in [3.63, 3.8) is 0 Å². The third-order valence-electron chi connectivity index (χ3n) is 4.76. The van der Waals surface area contributed by atoms with Crippen molar-refractivity contribution in [2.75, 3.05) is 25.3 Å². The Kier molecular flexibility index (Phi) is 7.69. The number of benzene rings is 1. The Morgan fingerprint density at radius 2 is 1.85 bits per heavy atom. The summed E-state index contributed by atoms with van der Waals surface area (Å²) in [7, 11) is 2.44. The van der Waals surface area contributed by atoms with Gasteiger partial charge in [0.25, 0.3) is 11.5 Å². The van der Waals surface area contributed by atoms with Crippen LogP contribution in [0.15, 0.2) is 35.3 Å². The van der Waals surface area contributed by atoms with Crippen LogP contribution in [0.25, 0.3) is 11.2 Å². The molecule has 1 aromatic carbocycles. The van der Waals surface area contributed by atoms with Crippen molar-refractivity contribution < 1.29 is 23.9 Å². The van der Waals surface area contributed by atoms with E-state index in [1.165, 1.54) is 20.4 Å². The SMILES string of the molecule is CO[13C](=O)[13CH2][13CH2][13C@H](NC(=O)c1ccc(NCc2cnc3nc(N)[nH]c(=O)c3n2)cc1)[13C](=O)OC. The van der Waals surface area contributed by atoms with Gasteiger partial charge >= 0.3 is 11.9 Å². The lowest BCUT2D eigenvalue weighted by atomic mass is 10.2. The summed E-state index contributed by atoms with van der Waals surface area (Å²) in [4.78, 5) is 62.4. The van der Waals surface area contributed by atoms with Gasteiger partial charge in [0.1, 0.15) is 6.04 Å². The normalized spacial score (nSPS) is 11.5. The van der Waals surface area contributed by atoms with Gasteiger partial charge < -0.3 is 25.8 Å². The van der Waals surface area contributed by atoms with Gasteiger partial charge in [-0.25, -0.2) is 14.8 Å². The van der Waals surface area contributed by atoms with Crippen LogP contribution in [-0.4, -0.2) is 58.0 Å². The van der Waals surface area contributed by atoms with Gasteiger partial charge in [-0.05, 0) is 30.7 Å². The average Bonchev–Trinajstić information content (AvgIpc) is 2.84. The summed E-state index contributed by atoms with van der Waals surface area (Å²) in [5.74, 6) is -1.70. The van der Waals surface area contributed by atoms with Crippen molar-refractivity contribution >= 4 is 40.6 Å². The molecule has 0 radical (unpaired) electrons. The minimum atomic E-state index is -0.992. The molecule has 0 saturated heterocycles. The van der Waals surface area contributed by atoms with Crippen LogP contribution < -0.4 is 21.9 Å². The number of aromatic amines is 1. The van der Waals surface area contributed by atoms with Gasteiger partial charge in [-0.1, -0.05) is 0 Å². The van der Waals surface area contributed by atoms with Crippen LogP contribution in [0, 0.1) is 0 Å². The molecule has 0 spiro atoms.